The van der Waals surface area contributed by atoms with Crippen molar-refractivity contribution in [2.75, 3.05) is 53.0 Å². The normalized spacial score (nSPS) is 30.4. The highest BCUT2D eigenvalue weighted by atomic mass is 16.5. The number of nitrogens with one attached hydrogen (secondary N) is 1. The molecule has 0 spiro atoms. The van der Waals surface area contributed by atoms with Crippen LogP contribution in [0.4, 0.5) is 0 Å². The SMILES string of the molecule is CN1CCN(CC2(CNC3CC3)CCOCC2)CC1(C)C. The summed E-state index contributed by atoms with van der Waals surface area (Å²) in [5.74, 6) is 0. The lowest BCUT2D eigenvalue weighted by atomic mass is 9.79. The maximum atomic E-state index is 5.64. The Morgan fingerprint density at radius 1 is 1.14 bits per heavy atom. The zero-order valence-electron chi connectivity index (χ0n) is 14.2. The summed E-state index contributed by atoms with van der Waals surface area (Å²) < 4.78 is 5.64. The quantitative estimate of drug-likeness (QED) is 0.833. The molecular formula is C17H33N3O. The Labute approximate surface area is 130 Å². The number of ether oxygens (including phenoxy) is 1. The van der Waals surface area contributed by atoms with Gasteiger partial charge in [-0.15, -0.1) is 0 Å². The third-order valence-electron chi connectivity index (χ3n) is 5.85. The van der Waals surface area contributed by atoms with E-state index in [9.17, 15) is 0 Å². The zero-order chi connectivity index (χ0) is 14.9. The first-order chi connectivity index (χ1) is 9.99. The zero-order valence-corrected chi connectivity index (χ0v) is 14.2. The van der Waals surface area contributed by atoms with Gasteiger partial charge in [0.05, 0.1) is 0 Å². The maximum Gasteiger partial charge on any atom is 0.0472 e. The van der Waals surface area contributed by atoms with E-state index < -0.39 is 0 Å². The summed E-state index contributed by atoms with van der Waals surface area (Å²) in [6, 6.07) is 0.814. The minimum absolute atomic E-state index is 0.300. The number of likely N-dealkylation sites (N-methyl/N-ethyl adjacent to an activating group) is 1. The van der Waals surface area contributed by atoms with Crippen molar-refractivity contribution in [1.29, 1.82) is 0 Å². The molecular weight excluding hydrogens is 262 g/mol. The fourth-order valence-corrected chi connectivity index (χ4v) is 3.79. The molecule has 21 heavy (non-hydrogen) atoms. The fourth-order valence-electron chi connectivity index (χ4n) is 3.79. The molecule has 4 heteroatoms. The smallest absolute Gasteiger partial charge is 0.0472 e. The predicted octanol–water partition coefficient (Wildman–Crippen LogP) is 1.56. The van der Waals surface area contributed by atoms with Crippen LogP contribution in [0, 0.1) is 5.41 Å². The Balaban J connectivity index is 1.60. The van der Waals surface area contributed by atoms with Gasteiger partial charge in [-0.2, -0.15) is 0 Å². The molecule has 0 amide bonds. The number of hydrogen-bond donors (Lipinski definition) is 1. The van der Waals surface area contributed by atoms with Gasteiger partial charge in [0.1, 0.15) is 0 Å². The Bertz CT molecular complexity index is 348. The van der Waals surface area contributed by atoms with Crippen LogP contribution >= 0.6 is 0 Å². The molecule has 1 saturated carbocycles. The summed E-state index contributed by atoms with van der Waals surface area (Å²) in [5.41, 5.74) is 0.737. The van der Waals surface area contributed by atoms with E-state index in [1.54, 1.807) is 0 Å². The third-order valence-corrected chi connectivity index (χ3v) is 5.85. The lowest BCUT2D eigenvalue weighted by Crippen LogP contribution is -2.60. The summed E-state index contributed by atoms with van der Waals surface area (Å²) >= 11 is 0. The van der Waals surface area contributed by atoms with Crippen LogP contribution in [-0.2, 0) is 4.74 Å². The minimum Gasteiger partial charge on any atom is -0.381 e. The van der Waals surface area contributed by atoms with E-state index in [4.69, 9.17) is 4.74 Å². The topological polar surface area (TPSA) is 27.7 Å². The van der Waals surface area contributed by atoms with Crippen LogP contribution in [0.25, 0.3) is 0 Å². The van der Waals surface area contributed by atoms with Gasteiger partial charge in [-0.1, -0.05) is 0 Å². The van der Waals surface area contributed by atoms with Crippen LogP contribution in [0.5, 0.6) is 0 Å². The second kappa shape index (κ2) is 6.15. The van der Waals surface area contributed by atoms with Crippen molar-refractivity contribution in [3.63, 3.8) is 0 Å². The Morgan fingerprint density at radius 3 is 2.48 bits per heavy atom. The lowest BCUT2D eigenvalue weighted by molar-refractivity contribution is -0.0302. The summed E-state index contributed by atoms with van der Waals surface area (Å²) in [6.45, 7) is 12.7. The Hall–Kier alpha value is -0.160. The van der Waals surface area contributed by atoms with Gasteiger partial charge in [0.15, 0.2) is 0 Å². The van der Waals surface area contributed by atoms with E-state index in [1.807, 2.05) is 0 Å². The van der Waals surface area contributed by atoms with Crippen molar-refractivity contribution in [3.05, 3.63) is 0 Å². The predicted molar refractivity (Wildman–Crippen MR) is 86.7 cm³/mol. The molecule has 0 aromatic heterocycles. The van der Waals surface area contributed by atoms with Crippen LogP contribution in [0.1, 0.15) is 39.5 Å². The first-order valence-corrected chi connectivity index (χ1v) is 8.74. The summed E-state index contributed by atoms with van der Waals surface area (Å²) in [4.78, 5) is 5.21. The molecule has 0 aromatic carbocycles. The minimum atomic E-state index is 0.300. The Kier molecular flexibility index (Phi) is 4.60. The number of rotatable bonds is 5. The molecule has 3 aliphatic rings. The highest BCUT2D eigenvalue weighted by Crippen LogP contribution is 2.34. The maximum absolute atomic E-state index is 5.64. The van der Waals surface area contributed by atoms with Gasteiger partial charge in [-0.3, -0.25) is 9.80 Å². The largest absolute Gasteiger partial charge is 0.381 e. The van der Waals surface area contributed by atoms with Crippen molar-refractivity contribution in [3.8, 4) is 0 Å². The van der Waals surface area contributed by atoms with Crippen molar-refractivity contribution < 1.29 is 4.74 Å². The number of hydrogen-bond acceptors (Lipinski definition) is 4. The molecule has 0 aromatic rings. The van der Waals surface area contributed by atoms with Crippen LogP contribution < -0.4 is 5.32 Å². The molecule has 2 heterocycles. The Morgan fingerprint density at radius 2 is 1.86 bits per heavy atom. The summed E-state index contributed by atoms with van der Waals surface area (Å²) in [6.07, 6.45) is 5.21. The molecule has 0 bridgehead atoms. The van der Waals surface area contributed by atoms with Gasteiger partial charge in [-0.25, -0.2) is 0 Å². The molecule has 3 fully saturated rings. The van der Waals surface area contributed by atoms with E-state index in [0.717, 1.165) is 19.3 Å². The monoisotopic (exact) mass is 295 g/mol. The van der Waals surface area contributed by atoms with Crippen molar-refractivity contribution >= 4 is 0 Å². The summed E-state index contributed by atoms with van der Waals surface area (Å²) in [7, 11) is 2.26. The molecule has 4 nitrogen and oxygen atoms in total. The third kappa shape index (κ3) is 3.98. The molecule has 122 valence electrons. The molecule has 0 radical (unpaired) electrons. The van der Waals surface area contributed by atoms with Gasteiger partial charge >= 0.3 is 0 Å². The highest BCUT2D eigenvalue weighted by molar-refractivity contribution is 4.95. The highest BCUT2D eigenvalue weighted by Gasteiger charge is 2.39. The van der Waals surface area contributed by atoms with Crippen molar-refractivity contribution in [2.45, 2.75) is 51.1 Å². The van der Waals surface area contributed by atoms with Crippen LogP contribution in [0.15, 0.2) is 0 Å². The van der Waals surface area contributed by atoms with E-state index >= 15 is 0 Å². The number of piperazine rings is 1. The average Bonchev–Trinajstić information content (AvgIpc) is 3.26. The molecule has 0 unspecified atom stereocenters. The second-order valence-corrected chi connectivity index (χ2v) is 8.21. The number of nitrogens with zero attached hydrogens (tertiary/aromatic N) is 2. The molecule has 2 saturated heterocycles. The van der Waals surface area contributed by atoms with Crippen LogP contribution in [-0.4, -0.2) is 74.4 Å². The van der Waals surface area contributed by atoms with Crippen LogP contribution in [0.3, 0.4) is 0 Å². The molecule has 1 aliphatic carbocycles. The molecule has 0 atom stereocenters. The van der Waals surface area contributed by atoms with Gasteiger partial charge in [0.2, 0.25) is 0 Å². The second-order valence-electron chi connectivity index (χ2n) is 8.21. The van der Waals surface area contributed by atoms with E-state index in [1.165, 1.54) is 58.4 Å². The standard InChI is InChI=1S/C17H33N3O/c1-16(2)13-20(9-8-19(16)3)14-17(6-10-21-11-7-17)12-18-15-4-5-15/h15,18H,4-14H2,1-3H3. The van der Waals surface area contributed by atoms with Gasteiger partial charge in [0, 0.05) is 57.5 Å². The first kappa shape index (κ1) is 15.7. The fraction of sp³-hybridized carbons (Fsp3) is 1.00. The average molecular weight is 295 g/mol. The van der Waals surface area contributed by atoms with Gasteiger partial charge in [0.25, 0.3) is 0 Å². The van der Waals surface area contributed by atoms with Gasteiger partial charge < -0.3 is 10.1 Å². The molecule has 1 N–H and O–H groups in total. The van der Waals surface area contributed by atoms with Crippen molar-refractivity contribution in [2.24, 2.45) is 5.41 Å². The first-order valence-electron chi connectivity index (χ1n) is 8.74. The molecule has 2 aliphatic heterocycles. The van der Waals surface area contributed by atoms with E-state index in [-0.39, 0.29) is 0 Å². The lowest BCUT2D eigenvalue weighted by Gasteiger charge is -2.49. The van der Waals surface area contributed by atoms with Crippen molar-refractivity contribution in [1.82, 2.24) is 15.1 Å². The van der Waals surface area contributed by atoms with Crippen LogP contribution in [0.2, 0.25) is 0 Å². The van der Waals surface area contributed by atoms with E-state index in [2.05, 4.69) is 36.0 Å². The van der Waals surface area contributed by atoms with E-state index in [0.29, 0.717) is 11.0 Å². The van der Waals surface area contributed by atoms with Gasteiger partial charge in [-0.05, 0) is 52.0 Å². The molecule has 3 rings (SSSR count). The summed E-state index contributed by atoms with van der Waals surface area (Å²) in [5, 5.41) is 3.79.